The highest BCUT2D eigenvalue weighted by molar-refractivity contribution is 6.05. The Morgan fingerprint density at radius 3 is 2.76 bits per heavy atom. The van der Waals surface area contributed by atoms with Gasteiger partial charge in [-0.25, -0.2) is 0 Å². The number of hydrogen-bond donors (Lipinski definition) is 1. The lowest BCUT2D eigenvalue weighted by molar-refractivity contribution is 0.0992. The summed E-state index contributed by atoms with van der Waals surface area (Å²) in [6.07, 6.45) is 3.53. The van der Waals surface area contributed by atoms with Gasteiger partial charge in [-0.05, 0) is 18.2 Å². The third kappa shape index (κ3) is 3.91. The predicted molar refractivity (Wildman–Crippen MR) is 82.0 cm³/mol. The molecule has 4 nitrogen and oxygen atoms in total. The first kappa shape index (κ1) is 14.8. The van der Waals surface area contributed by atoms with Crippen LogP contribution in [-0.4, -0.2) is 29.7 Å². The number of nitrogens with zero attached hydrogens (tertiary/aromatic N) is 2. The van der Waals surface area contributed by atoms with E-state index >= 15 is 0 Å². The van der Waals surface area contributed by atoms with Crippen molar-refractivity contribution >= 4 is 11.6 Å². The summed E-state index contributed by atoms with van der Waals surface area (Å²) < 4.78 is 0. The van der Waals surface area contributed by atoms with Crippen LogP contribution >= 0.6 is 0 Å². The lowest BCUT2D eigenvalue weighted by atomic mass is 10.1. The van der Waals surface area contributed by atoms with E-state index in [1.54, 1.807) is 24.2 Å². The highest BCUT2D eigenvalue weighted by Gasteiger charge is 2.13. The molecule has 0 atom stereocenters. The molecule has 1 amide bonds. The lowest BCUT2D eigenvalue weighted by Crippen LogP contribution is -2.26. The molecule has 1 heterocycles. The Labute approximate surface area is 124 Å². The number of carbonyl (C=O) groups is 1. The monoisotopic (exact) mass is 280 g/mol. The van der Waals surface area contributed by atoms with Crippen LogP contribution in [0.1, 0.15) is 22.3 Å². The third-order valence-corrected chi connectivity index (χ3v) is 2.90. The average Bonchev–Trinajstić information content (AvgIpc) is 2.55. The first-order valence-electron chi connectivity index (χ1n) is 6.60. The molecule has 0 saturated heterocycles. The molecular weight excluding hydrogens is 264 g/mol. The van der Waals surface area contributed by atoms with Crippen LogP contribution in [0.4, 0.5) is 5.69 Å². The smallest absolute Gasteiger partial charge is 0.259 e. The van der Waals surface area contributed by atoms with E-state index in [0.29, 0.717) is 17.5 Å². The van der Waals surface area contributed by atoms with E-state index in [9.17, 15) is 4.79 Å². The van der Waals surface area contributed by atoms with E-state index in [4.69, 9.17) is 5.11 Å². The van der Waals surface area contributed by atoms with Gasteiger partial charge in [0.2, 0.25) is 0 Å². The maximum absolute atomic E-state index is 12.4. The molecule has 2 rings (SSSR count). The van der Waals surface area contributed by atoms with E-state index in [-0.39, 0.29) is 12.5 Å². The maximum Gasteiger partial charge on any atom is 0.259 e. The fraction of sp³-hybridized carbons (Fsp3) is 0.176. The van der Waals surface area contributed by atoms with Gasteiger partial charge in [-0.3, -0.25) is 9.78 Å². The summed E-state index contributed by atoms with van der Waals surface area (Å²) in [4.78, 5) is 18.0. The van der Waals surface area contributed by atoms with Crippen molar-refractivity contribution in [2.24, 2.45) is 0 Å². The number of rotatable bonds is 3. The van der Waals surface area contributed by atoms with E-state index in [2.05, 4.69) is 16.8 Å². The minimum Gasteiger partial charge on any atom is -0.395 e. The zero-order valence-electron chi connectivity index (χ0n) is 11.8. The number of benzene rings is 1. The van der Waals surface area contributed by atoms with Crippen LogP contribution in [0.15, 0.2) is 48.8 Å². The zero-order chi connectivity index (χ0) is 15.1. The van der Waals surface area contributed by atoms with Gasteiger partial charge in [0.15, 0.2) is 0 Å². The Bertz CT molecular complexity index is 672. The van der Waals surface area contributed by atoms with E-state index in [0.717, 1.165) is 5.69 Å². The first-order valence-corrected chi connectivity index (χ1v) is 6.60. The molecule has 106 valence electrons. The minimum absolute atomic E-state index is 0.0236. The molecule has 1 aromatic heterocycles. The van der Waals surface area contributed by atoms with Crippen molar-refractivity contribution in [2.75, 3.05) is 18.6 Å². The number of hydrogen-bond acceptors (Lipinski definition) is 3. The minimum atomic E-state index is -0.139. The van der Waals surface area contributed by atoms with Crippen LogP contribution in [0.2, 0.25) is 0 Å². The van der Waals surface area contributed by atoms with Crippen molar-refractivity contribution in [3.8, 4) is 11.8 Å². The van der Waals surface area contributed by atoms with E-state index in [1.807, 2.05) is 30.3 Å². The summed E-state index contributed by atoms with van der Waals surface area (Å²) in [7, 11) is 1.72. The predicted octanol–water partition coefficient (Wildman–Crippen LogP) is 2.09. The van der Waals surface area contributed by atoms with Crippen LogP contribution in [-0.2, 0) is 0 Å². The van der Waals surface area contributed by atoms with Crippen LogP contribution in [0.5, 0.6) is 0 Å². The van der Waals surface area contributed by atoms with Crippen molar-refractivity contribution < 1.29 is 9.90 Å². The molecule has 0 fully saturated rings. The standard InChI is InChI=1S/C17H16N2O2/c1-19(16-8-3-2-4-9-16)17(21)15-11-14(12-18-13-15)7-5-6-10-20/h2-4,8-9,11-13,20H,6,10H2,1H3. The van der Waals surface area contributed by atoms with Crippen molar-refractivity contribution in [1.82, 2.24) is 4.98 Å². The van der Waals surface area contributed by atoms with Gasteiger partial charge in [-0.15, -0.1) is 0 Å². The normalized spacial score (nSPS) is 9.62. The number of pyridine rings is 1. The number of amides is 1. The first-order chi connectivity index (χ1) is 10.2. The Kier molecular flexibility index (Phi) is 5.08. The SMILES string of the molecule is CN(C(=O)c1cncc(C#CCCO)c1)c1ccccc1. The molecule has 0 unspecified atom stereocenters. The van der Waals surface area contributed by atoms with Crippen molar-refractivity contribution in [3.05, 3.63) is 59.9 Å². The molecule has 0 aliphatic heterocycles. The number of aliphatic hydroxyl groups is 1. The number of aliphatic hydroxyl groups excluding tert-OH is 1. The molecule has 0 bridgehead atoms. The highest BCUT2D eigenvalue weighted by Crippen LogP contribution is 2.14. The van der Waals surface area contributed by atoms with E-state index in [1.165, 1.54) is 6.20 Å². The highest BCUT2D eigenvalue weighted by atomic mass is 16.2. The molecule has 0 aliphatic rings. The van der Waals surface area contributed by atoms with Gasteiger partial charge in [0.05, 0.1) is 12.2 Å². The third-order valence-electron chi connectivity index (χ3n) is 2.90. The van der Waals surface area contributed by atoms with Crippen molar-refractivity contribution in [2.45, 2.75) is 6.42 Å². The molecule has 4 heteroatoms. The molecular formula is C17H16N2O2. The van der Waals surface area contributed by atoms with Gasteiger partial charge < -0.3 is 10.0 Å². The fourth-order valence-corrected chi connectivity index (χ4v) is 1.81. The van der Waals surface area contributed by atoms with E-state index < -0.39 is 0 Å². The van der Waals surface area contributed by atoms with Crippen LogP contribution < -0.4 is 4.90 Å². The summed E-state index contributed by atoms with van der Waals surface area (Å²) in [5.74, 6) is 5.55. The number of aromatic nitrogens is 1. The fourth-order valence-electron chi connectivity index (χ4n) is 1.81. The Morgan fingerprint density at radius 2 is 2.05 bits per heavy atom. The van der Waals surface area contributed by atoms with Gasteiger partial charge in [0, 0.05) is 37.1 Å². The number of carbonyl (C=O) groups excluding carboxylic acids is 1. The van der Waals surface area contributed by atoms with Gasteiger partial charge in [0.25, 0.3) is 5.91 Å². The average molecular weight is 280 g/mol. The summed E-state index contributed by atoms with van der Waals surface area (Å²) in [6.45, 7) is 0.0236. The molecule has 1 aromatic carbocycles. The Morgan fingerprint density at radius 1 is 1.29 bits per heavy atom. The molecule has 0 radical (unpaired) electrons. The Hall–Kier alpha value is -2.64. The topological polar surface area (TPSA) is 53.4 Å². The maximum atomic E-state index is 12.4. The second-order valence-electron chi connectivity index (χ2n) is 4.44. The second-order valence-corrected chi connectivity index (χ2v) is 4.44. The number of para-hydroxylation sites is 1. The van der Waals surface area contributed by atoms with Crippen LogP contribution in [0.3, 0.4) is 0 Å². The second kappa shape index (κ2) is 7.22. The molecule has 0 spiro atoms. The van der Waals surface area contributed by atoms with Gasteiger partial charge in [0.1, 0.15) is 0 Å². The molecule has 21 heavy (non-hydrogen) atoms. The van der Waals surface area contributed by atoms with Gasteiger partial charge in [-0.1, -0.05) is 30.0 Å². The number of anilines is 1. The molecule has 0 aliphatic carbocycles. The summed E-state index contributed by atoms with van der Waals surface area (Å²) in [5.41, 5.74) is 1.96. The quantitative estimate of drug-likeness (QED) is 0.876. The largest absolute Gasteiger partial charge is 0.395 e. The van der Waals surface area contributed by atoms with Gasteiger partial charge in [-0.2, -0.15) is 0 Å². The lowest BCUT2D eigenvalue weighted by Gasteiger charge is -2.17. The zero-order valence-corrected chi connectivity index (χ0v) is 11.8. The van der Waals surface area contributed by atoms with Crippen molar-refractivity contribution in [3.63, 3.8) is 0 Å². The molecule has 1 N–H and O–H groups in total. The van der Waals surface area contributed by atoms with Crippen LogP contribution in [0, 0.1) is 11.8 Å². The molecule has 0 saturated carbocycles. The van der Waals surface area contributed by atoms with Crippen LogP contribution in [0.25, 0.3) is 0 Å². The molecule has 2 aromatic rings. The van der Waals surface area contributed by atoms with Gasteiger partial charge >= 0.3 is 0 Å². The summed E-state index contributed by atoms with van der Waals surface area (Å²) in [5, 5.41) is 8.71. The summed E-state index contributed by atoms with van der Waals surface area (Å²) >= 11 is 0. The Balaban J connectivity index is 2.20. The summed E-state index contributed by atoms with van der Waals surface area (Å²) in [6, 6.07) is 11.1. The van der Waals surface area contributed by atoms with Crippen molar-refractivity contribution in [1.29, 1.82) is 0 Å².